The molecule has 0 aromatic heterocycles. The third-order valence-electron chi connectivity index (χ3n) is 3.12. The highest BCUT2D eigenvalue weighted by atomic mass is 31.0. The number of piperidine rings is 1. The van der Waals surface area contributed by atoms with Gasteiger partial charge in [0.25, 0.3) is 0 Å². The topological polar surface area (TPSA) is 26.7 Å². The highest BCUT2D eigenvalue weighted by molar-refractivity contribution is 7.13. The van der Waals surface area contributed by atoms with Gasteiger partial charge in [0.1, 0.15) is 5.60 Å². The lowest BCUT2D eigenvalue weighted by molar-refractivity contribution is -0.106. The van der Waals surface area contributed by atoms with E-state index in [9.17, 15) is 5.11 Å². The molecule has 0 radical (unpaired) electrons. The van der Waals surface area contributed by atoms with Gasteiger partial charge in [-0.15, -0.1) is 0 Å². The Kier molecular flexibility index (Phi) is 2.93. The lowest BCUT2D eigenvalue weighted by Crippen LogP contribution is -2.67. The van der Waals surface area contributed by atoms with Gasteiger partial charge in [-0.3, -0.25) is 9.34 Å². The summed E-state index contributed by atoms with van der Waals surface area (Å²) in [5, 5.41) is 10.3. The summed E-state index contributed by atoms with van der Waals surface area (Å²) in [4.78, 5) is 0. The molecule has 2 saturated heterocycles. The van der Waals surface area contributed by atoms with E-state index in [2.05, 4.69) is 28.1 Å². The number of hydrogen-bond donors (Lipinski definition) is 1. The van der Waals surface area contributed by atoms with Crippen LogP contribution < -0.4 is 0 Å². The first-order chi connectivity index (χ1) is 6.12. The maximum absolute atomic E-state index is 10.3. The van der Waals surface area contributed by atoms with Gasteiger partial charge in [-0.1, -0.05) is 25.2 Å². The minimum absolute atomic E-state index is 0.350. The molecule has 3 nitrogen and oxygen atoms in total. The number of rotatable bonds is 1. The van der Waals surface area contributed by atoms with Gasteiger partial charge in [-0.2, -0.15) is 0 Å². The zero-order valence-corrected chi connectivity index (χ0v) is 10.1. The second kappa shape index (κ2) is 3.72. The molecule has 3 atom stereocenters. The molecule has 0 spiro atoms. The first-order valence-electron chi connectivity index (χ1n) is 4.85. The van der Waals surface area contributed by atoms with E-state index in [4.69, 9.17) is 0 Å². The predicted octanol–water partition coefficient (Wildman–Crippen LogP) is 0.468. The van der Waals surface area contributed by atoms with E-state index >= 15 is 0 Å². The van der Waals surface area contributed by atoms with E-state index in [-0.39, 0.29) is 0 Å². The molecule has 0 amide bonds. The van der Waals surface area contributed by atoms with E-state index in [1.165, 1.54) is 12.8 Å². The van der Waals surface area contributed by atoms with Crippen molar-refractivity contribution >= 4 is 18.8 Å². The zero-order valence-electron chi connectivity index (χ0n) is 7.82. The SMILES string of the molecule is OC1(C2CCCCN2P)CN(P)C1. The fourth-order valence-electron chi connectivity index (χ4n) is 2.40. The Bertz CT molecular complexity index is 197. The van der Waals surface area contributed by atoms with Crippen LogP contribution in [0.25, 0.3) is 0 Å². The fraction of sp³-hybridized carbons (Fsp3) is 1.00. The van der Waals surface area contributed by atoms with E-state index < -0.39 is 5.60 Å². The van der Waals surface area contributed by atoms with Crippen LogP contribution in [0.2, 0.25) is 0 Å². The van der Waals surface area contributed by atoms with Gasteiger partial charge in [0.05, 0.1) is 0 Å². The average Bonchev–Trinajstić information content (AvgIpc) is 2.02. The van der Waals surface area contributed by atoms with Crippen molar-refractivity contribution in [1.82, 2.24) is 9.34 Å². The van der Waals surface area contributed by atoms with E-state index in [1.54, 1.807) is 0 Å². The van der Waals surface area contributed by atoms with Crippen molar-refractivity contribution in [3.05, 3.63) is 0 Å². The van der Waals surface area contributed by atoms with Gasteiger partial charge in [0, 0.05) is 25.7 Å². The van der Waals surface area contributed by atoms with Crippen molar-refractivity contribution in [3.8, 4) is 0 Å². The van der Waals surface area contributed by atoms with Crippen molar-refractivity contribution in [2.24, 2.45) is 0 Å². The molecule has 2 rings (SSSR count). The van der Waals surface area contributed by atoms with E-state index in [0.29, 0.717) is 6.04 Å². The molecule has 76 valence electrons. The van der Waals surface area contributed by atoms with Gasteiger partial charge in [0.15, 0.2) is 0 Å². The number of hydrogen-bond acceptors (Lipinski definition) is 3. The molecule has 0 aromatic carbocycles. The fourth-order valence-corrected chi connectivity index (χ4v) is 3.64. The van der Waals surface area contributed by atoms with Gasteiger partial charge < -0.3 is 5.11 Å². The second-order valence-corrected chi connectivity index (χ2v) is 5.65. The van der Waals surface area contributed by atoms with Crippen molar-refractivity contribution in [2.75, 3.05) is 19.6 Å². The lowest BCUT2D eigenvalue weighted by Gasteiger charge is -2.52. The number of nitrogens with zero attached hydrogens (tertiary/aromatic N) is 2. The first-order valence-corrected chi connectivity index (χ1v) is 5.88. The highest BCUT2D eigenvalue weighted by Gasteiger charge is 2.47. The standard InChI is InChI=1S/C8H18N2OP2/c11-8(5-9(12)6-8)7-3-1-2-4-10(7)13/h7,11H,1-6,12-13H2. The van der Waals surface area contributed by atoms with Crippen LogP contribution in [-0.4, -0.2) is 45.7 Å². The molecule has 2 heterocycles. The van der Waals surface area contributed by atoms with Gasteiger partial charge >= 0.3 is 0 Å². The first kappa shape index (κ1) is 10.3. The van der Waals surface area contributed by atoms with E-state index in [0.717, 1.165) is 26.1 Å². The Morgan fingerprint density at radius 2 is 1.92 bits per heavy atom. The molecule has 3 unspecified atom stereocenters. The van der Waals surface area contributed by atoms with Crippen LogP contribution in [-0.2, 0) is 0 Å². The predicted molar refractivity (Wildman–Crippen MR) is 60.3 cm³/mol. The minimum Gasteiger partial charge on any atom is -0.386 e. The maximum atomic E-state index is 10.3. The highest BCUT2D eigenvalue weighted by Crippen LogP contribution is 2.36. The quantitative estimate of drug-likeness (QED) is 0.651. The summed E-state index contributed by atoms with van der Waals surface area (Å²) in [7, 11) is 5.40. The molecule has 0 saturated carbocycles. The van der Waals surface area contributed by atoms with Crippen molar-refractivity contribution in [3.63, 3.8) is 0 Å². The molecule has 0 aliphatic carbocycles. The molecule has 2 fully saturated rings. The second-order valence-electron chi connectivity index (χ2n) is 4.26. The third-order valence-corrected chi connectivity index (χ3v) is 4.10. The molecule has 5 heteroatoms. The summed E-state index contributed by atoms with van der Waals surface area (Å²) in [5.41, 5.74) is -0.454. The molecule has 1 N–H and O–H groups in total. The Hall–Kier alpha value is 0.740. The van der Waals surface area contributed by atoms with Crippen LogP contribution in [0.3, 0.4) is 0 Å². The van der Waals surface area contributed by atoms with Crippen LogP contribution in [0.5, 0.6) is 0 Å². The summed E-state index contributed by atoms with van der Waals surface area (Å²) >= 11 is 0. The minimum atomic E-state index is -0.454. The van der Waals surface area contributed by atoms with Crippen molar-refractivity contribution in [1.29, 1.82) is 0 Å². The third kappa shape index (κ3) is 1.91. The van der Waals surface area contributed by atoms with Gasteiger partial charge in [0.2, 0.25) is 0 Å². The Labute approximate surface area is 84.4 Å². The molecular formula is C8H18N2OP2. The van der Waals surface area contributed by atoms with Gasteiger partial charge in [-0.05, 0) is 12.8 Å². The molecule has 2 aliphatic heterocycles. The number of aliphatic hydroxyl groups is 1. The molecule has 13 heavy (non-hydrogen) atoms. The molecular weight excluding hydrogens is 202 g/mol. The van der Waals surface area contributed by atoms with Crippen LogP contribution in [0.1, 0.15) is 19.3 Å². The monoisotopic (exact) mass is 220 g/mol. The zero-order chi connectivity index (χ0) is 9.47. The average molecular weight is 220 g/mol. The summed E-state index contributed by atoms with van der Waals surface area (Å²) in [6.45, 7) is 2.70. The molecule has 0 bridgehead atoms. The van der Waals surface area contributed by atoms with Crippen LogP contribution >= 0.6 is 18.8 Å². The maximum Gasteiger partial charge on any atom is 0.106 e. The van der Waals surface area contributed by atoms with Crippen LogP contribution in [0.15, 0.2) is 0 Å². The van der Waals surface area contributed by atoms with Crippen LogP contribution in [0, 0.1) is 0 Å². The summed E-state index contributed by atoms with van der Waals surface area (Å²) < 4.78 is 4.33. The van der Waals surface area contributed by atoms with Crippen molar-refractivity contribution in [2.45, 2.75) is 30.9 Å². The van der Waals surface area contributed by atoms with Gasteiger partial charge in [-0.25, -0.2) is 0 Å². The smallest absolute Gasteiger partial charge is 0.106 e. The van der Waals surface area contributed by atoms with E-state index in [1.807, 2.05) is 0 Å². The molecule has 0 aromatic rings. The largest absolute Gasteiger partial charge is 0.386 e. The normalized spacial score (nSPS) is 35.8. The lowest BCUT2D eigenvalue weighted by atomic mass is 9.83. The Balaban J connectivity index is 1.98. The number of β-amino-alcohol motifs (C(OH)–C–C–N with tert-alkyl or cyclic N) is 1. The van der Waals surface area contributed by atoms with Crippen molar-refractivity contribution < 1.29 is 5.11 Å². The van der Waals surface area contributed by atoms with Crippen LogP contribution in [0.4, 0.5) is 0 Å². The summed E-state index contributed by atoms with van der Waals surface area (Å²) in [5.74, 6) is 0. The molecule has 2 aliphatic rings. The Morgan fingerprint density at radius 1 is 1.23 bits per heavy atom. The summed E-state index contributed by atoms with van der Waals surface area (Å²) in [6, 6.07) is 0.350. The Morgan fingerprint density at radius 3 is 2.46 bits per heavy atom. The summed E-state index contributed by atoms with van der Waals surface area (Å²) in [6.07, 6.45) is 3.66.